The smallest absolute Gasteiger partial charge is 0.340 e. The second kappa shape index (κ2) is 18.6. The van der Waals surface area contributed by atoms with Crippen molar-refractivity contribution in [2.75, 3.05) is 11.5 Å². The van der Waals surface area contributed by atoms with Gasteiger partial charge in [0.2, 0.25) is 0 Å². The Balaban J connectivity index is 0.000000192. The molecule has 0 radical (unpaired) electrons. The van der Waals surface area contributed by atoms with Gasteiger partial charge < -0.3 is 21.9 Å². The summed E-state index contributed by atoms with van der Waals surface area (Å²) >= 11 is 34.1. The van der Waals surface area contributed by atoms with Crippen LogP contribution in [0.1, 0.15) is 31.8 Å². The molecule has 0 saturated heterocycles. The normalized spacial score (nSPS) is 10.6. The lowest BCUT2D eigenvalue weighted by Gasteiger charge is -2.09. The highest BCUT2D eigenvalue weighted by Crippen LogP contribution is 2.25. The molecule has 4 aromatic heterocycles. The van der Waals surface area contributed by atoms with E-state index in [-0.39, 0.29) is 71.9 Å². The fraction of sp³-hybridized carbons (Fsp3) is 0.0606. The first-order valence-electron chi connectivity index (χ1n) is 14.7. The fourth-order valence-electron chi connectivity index (χ4n) is 4.41. The van der Waals surface area contributed by atoms with E-state index < -0.39 is 40.7 Å². The minimum absolute atomic E-state index is 0.00694. The molecule has 1 amide bonds. The van der Waals surface area contributed by atoms with E-state index in [2.05, 4.69) is 25.3 Å². The summed E-state index contributed by atoms with van der Waals surface area (Å²) in [6.07, 6.45) is 1.29. The van der Waals surface area contributed by atoms with Crippen LogP contribution in [0.5, 0.6) is 0 Å². The largest absolute Gasteiger partial charge is 0.478 e. The molecule has 0 unspecified atom stereocenters. The Labute approximate surface area is 336 Å². The molecule has 55 heavy (non-hydrogen) atoms. The number of hydrogen-bond donors (Lipinski definition) is 4. The minimum Gasteiger partial charge on any atom is -0.478 e. The molecule has 0 spiro atoms. The maximum Gasteiger partial charge on any atom is 0.340 e. The Hall–Kier alpha value is -4.97. The Kier molecular flexibility index (Phi) is 14.4. The molecule has 286 valence electrons. The Morgan fingerprint density at radius 1 is 0.691 bits per heavy atom. The fourth-order valence-corrected chi connectivity index (χ4v) is 5.96. The number of anilines is 2. The molecule has 2 aromatic carbocycles. The second-order valence-corrected chi connectivity index (χ2v) is 12.9. The predicted molar refractivity (Wildman–Crippen MR) is 201 cm³/mol. The van der Waals surface area contributed by atoms with Crippen LogP contribution < -0.4 is 22.3 Å². The van der Waals surface area contributed by atoms with E-state index in [0.29, 0.717) is 16.6 Å². The molecule has 4 heterocycles. The first-order valence-corrected chi connectivity index (χ1v) is 17.0. The van der Waals surface area contributed by atoms with Gasteiger partial charge in [-0.3, -0.25) is 14.2 Å². The first kappa shape index (κ1) is 42.8. The van der Waals surface area contributed by atoms with Crippen LogP contribution in [0, 0.1) is 23.3 Å². The van der Waals surface area contributed by atoms with Crippen molar-refractivity contribution in [2.45, 2.75) is 13.1 Å². The predicted octanol–water partition coefficient (Wildman–Crippen LogP) is 8.27. The van der Waals surface area contributed by atoms with Crippen molar-refractivity contribution in [1.82, 2.24) is 29.8 Å². The van der Waals surface area contributed by atoms with Gasteiger partial charge >= 0.3 is 5.97 Å². The van der Waals surface area contributed by atoms with Crippen molar-refractivity contribution in [3.05, 3.63) is 148 Å². The molecule has 0 aliphatic heterocycles. The topological polar surface area (TPSA) is 192 Å². The molecule has 6 aromatic rings. The van der Waals surface area contributed by atoms with Crippen LogP contribution in [0.2, 0.25) is 30.9 Å². The van der Waals surface area contributed by atoms with Crippen molar-refractivity contribution in [1.29, 1.82) is 0 Å². The number of aromatic carboxylic acids is 1. The molecule has 12 nitrogen and oxygen atoms in total. The van der Waals surface area contributed by atoms with E-state index in [4.69, 9.17) is 86.2 Å². The molecule has 0 saturated carbocycles. The Morgan fingerprint density at radius 3 is 1.71 bits per heavy atom. The number of carboxylic acids is 1. The molecule has 0 atom stereocenters. The molecule has 0 fully saturated rings. The molecular weight excluding hydrogens is 861 g/mol. The van der Waals surface area contributed by atoms with Crippen molar-refractivity contribution < 1.29 is 32.3 Å². The van der Waals surface area contributed by atoms with Gasteiger partial charge in [-0.05, 0) is 47.5 Å². The molecular formula is C33H20Cl6F4N8O4. The van der Waals surface area contributed by atoms with E-state index in [1.54, 1.807) is 0 Å². The van der Waals surface area contributed by atoms with Crippen LogP contribution in [0.25, 0.3) is 10.9 Å². The van der Waals surface area contributed by atoms with Crippen LogP contribution in [0.4, 0.5) is 28.9 Å². The molecule has 6 N–H and O–H groups in total. The highest BCUT2D eigenvalue weighted by molar-refractivity contribution is 6.37. The van der Waals surface area contributed by atoms with E-state index in [0.717, 1.165) is 24.3 Å². The van der Waals surface area contributed by atoms with Gasteiger partial charge in [-0.15, -0.1) is 0 Å². The highest BCUT2D eigenvalue weighted by Gasteiger charge is 2.17. The van der Waals surface area contributed by atoms with Gasteiger partial charge in [0.05, 0.1) is 35.3 Å². The lowest BCUT2D eigenvalue weighted by atomic mass is 10.2. The summed E-state index contributed by atoms with van der Waals surface area (Å²) in [5.74, 6) is -5.69. The maximum atomic E-state index is 13.2. The Morgan fingerprint density at radius 2 is 1.18 bits per heavy atom. The van der Waals surface area contributed by atoms with Gasteiger partial charge in [-0.1, -0.05) is 81.7 Å². The van der Waals surface area contributed by atoms with E-state index >= 15 is 0 Å². The van der Waals surface area contributed by atoms with E-state index in [1.807, 2.05) is 0 Å². The standard InChI is InChI=1S/C14H7Cl2F2N3O.C13H9Cl2F2N3O.C6H4Cl2N2O2/c15-11-4-10-12(13(16)20-11)14(22)21(6-19-10)5-7-1-2-8(17)9(18)3-7;14-10-4-9(18)11(12(15)20-10)13(21)19-5-6-1-2-7(16)8(17)3-6;7-3-1-2(9)4(6(11)12)5(8)10-3/h1-4,6H,5H2;1-4H,5H2,(H2,18,20)(H,19,21);1H,(H2,9,10)(H,11,12). The second-order valence-electron chi connectivity index (χ2n) is 10.7. The number of nitrogens with zero attached hydrogens (tertiary/aromatic N) is 5. The summed E-state index contributed by atoms with van der Waals surface area (Å²) < 4.78 is 53.2. The summed E-state index contributed by atoms with van der Waals surface area (Å²) in [5, 5.41) is 11.1. The number of rotatable bonds is 6. The van der Waals surface area contributed by atoms with E-state index in [9.17, 15) is 31.9 Å². The number of carbonyl (C=O) groups is 2. The van der Waals surface area contributed by atoms with Gasteiger partial charge in [0, 0.05) is 12.6 Å². The third-order valence-corrected chi connectivity index (χ3v) is 8.30. The van der Waals surface area contributed by atoms with Gasteiger partial charge in [0.15, 0.2) is 23.3 Å². The van der Waals surface area contributed by atoms with Crippen molar-refractivity contribution in [3.63, 3.8) is 0 Å². The molecule has 6 rings (SSSR count). The lowest BCUT2D eigenvalue weighted by molar-refractivity contribution is 0.0697. The SMILES string of the molecule is Nc1cc(Cl)nc(Cl)c1C(=O)NCc1ccc(F)c(F)c1.Nc1cc(Cl)nc(Cl)c1C(=O)O.O=c1c2c(Cl)nc(Cl)cc2ncn1Cc1ccc(F)c(F)c1. The van der Waals surface area contributed by atoms with Crippen LogP contribution in [-0.2, 0) is 13.1 Å². The summed E-state index contributed by atoms with van der Waals surface area (Å²) in [4.78, 5) is 50.0. The quantitative estimate of drug-likeness (QED) is 0.0935. The average Bonchev–Trinajstić information content (AvgIpc) is 3.07. The number of aromatic nitrogens is 5. The van der Waals surface area contributed by atoms with Gasteiger partial charge in [0.1, 0.15) is 41.9 Å². The monoisotopic (exact) mass is 878 g/mol. The zero-order valence-corrected chi connectivity index (χ0v) is 31.6. The third-order valence-electron chi connectivity index (χ3n) is 6.90. The maximum absolute atomic E-state index is 13.2. The van der Waals surface area contributed by atoms with Gasteiger partial charge in [-0.2, -0.15) is 0 Å². The third kappa shape index (κ3) is 11.1. The Bertz CT molecular complexity index is 2470. The summed E-state index contributed by atoms with van der Waals surface area (Å²) in [6, 6.07) is 10.7. The number of benzene rings is 2. The first-order chi connectivity index (χ1) is 25.9. The number of carboxylic acid groups (broad SMARTS) is 1. The number of nitrogen functional groups attached to an aromatic ring is 2. The van der Waals surface area contributed by atoms with E-state index in [1.165, 1.54) is 41.2 Å². The summed E-state index contributed by atoms with van der Waals surface area (Å²) in [7, 11) is 0. The number of hydrogen-bond acceptors (Lipinski definition) is 9. The van der Waals surface area contributed by atoms with Crippen molar-refractivity contribution in [3.8, 4) is 0 Å². The van der Waals surface area contributed by atoms with Crippen molar-refractivity contribution in [2.24, 2.45) is 0 Å². The van der Waals surface area contributed by atoms with Crippen molar-refractivity contribution >= 4 is 104 Å². The zero-order valence-electron chi connectivity index (χ0n) is 27.0. The van der Waals surface area contributed by atoms with Gasteiger partial charge in [-0.25, -0.2) is 42.3 Å². The number of nitrogens with two attached hydrogens (primary N) is 2. The summed E-state index contributed by atoms with van der Waals surface area (Å²) in [5.41, 5.74) is 11.5. The minimum atomic E-state index is -1.22. The molecule has 22 heteroatoms. The zero-order chi connectivity index (χ0) is 40.7. The van der Waals surface area contributed by atoms with Crippen LogP contribution >= 0.6 is 69.6 Å². The number of fused-ring (bicyclic) bond motifs is 1. The van der Waals surface area contributed by atoms with Gasteiger partial charge in [0.25, 0.3) is 11.5 Å². The molecule has 0 aliphatic carbocycles. The molecule has 0 aliphatic rings. The van der Waals surface area contributed by atoms with Crippen LogP contribution in [0.15, 0.2) is 65.7 Å². The number of nitrogens with one attached hydrogen (secondary N) is 1. The highest BCUT2D eigenvalue weighted by atomic mass is 35.5. The van der Waals surface area contributed by atoms with Crippen LogP contribution in [0.3, 0.4) is 0 Å². The number of pyridine rings is 3. The number of amides is 1. The number of halogens is 10. The lowest BCUT2D eigenvalue weighted by Crippen LogP contribution is -2.24. The summed E-state index contributed by atoms with van der Waals surface area (Å²) in [6.45, 7) is 0.00631. The average molecular weight is 881 g/mol. The molecule has 0 bridgehead atoms. The van der Waals surface area contributed by atoms with Crippen LogP contribution in [-0.4, -0.2) is 41.5 Å². The number of carbonyl (C=O) groups excluding carboxylic acids is 1.